The van der Waals surface area contributed by atoms with Crippen LogP contribution in [0.15, 0.2) is 6.20 Å². The lowest BCUT2D eigenvalue weighted by molar-refractivity contribution is 0.327. The van der Waals surface area contributed by atoms with Crippen molar-refractivity contribution in [2.24, 2.45) is 0 Å². The molecule has 0 fully saturated rings. The number of sulfone groups is 1. The van der Waals surface area contributed by atoms with Crippen LogP contribution in [0.4, 0.5) is 0 Å². The average molecular weight is 317 g/mol. The molecule has 1 rings (SSSR count). The van der Waals surface area contributed by atoms with E-state index in [4.69, 9.17) is 0 Å². The van der Waals surface area contributed by atoms with Crippen molar-refractivity contribution in [3.05, 3.63) is 11.9 Å². The maximum Gasteiger partial charge on any atom is 0.148 e. The van der Waals surface area contributed by atoms with E-state index in [0.717, 1.165) is 12.2 Å². The van der Waals surface area contributed by atoms with Crippen molar-refractivity contribution in [2.45, 2.75) is 39.4 Å². The summed E-state index contributed by atoms with van der Waals surface area (Å²) < 4.78 is 24.0. The predicted molar refractivity (Wildman–Crippen MR) is 83.8 cm³/mol. The van der Waals surface area contributed by atoms with Gasteiger partial charge in [-0.1, -0.05) is 5.21 Å². The van der Waals surface area contributed by atoms with Gasteiger partial charge in [-0.2, -0.15) is 0 Å². The van der Waals surface area contributed by atoms with E-state index in [1.807, 2.05) is 18.1 Å². The Hall–Kier alpha value is -0.990. The third-order valence-electron chi connectivity index (χ3n) is 2.94. The summed E-state index contributed by atoms with van der Waals surface area (Å²) in [5.74, 6) is 0.182. The lowest BCUT2D eigenvalue weighted by Crippen LogP contribution is -2.35. The minimum atomic E-state index is -2.90. The smallest absolute Gasteiger partial charge is 0.148 e. The fraction of sp³-hybridized carbons (Fsp3) is 0.846. The molecule has 0 radical (unpaired) electrons. The molecule has 0 atom stereocenters. The predicted octanol–water partition coefficient (Wildman–Crippen LogP) is 0.143. The van der Waals surface area contributed by atoms with Gasteiger partial charge in [0, 0.05) is 37.6 Å². The summed E-state index contributed by atoms with van der Waals surface area (Å²) in [6, 6.07) is 0. The zero-order valence-corrected chi connectivity index (χ0v) is 14.4. The van der Waals surface area contributed by atoms with Gasteiger partial charge in [0.15, 0.2) is 0 Å². The molecule has 0 aliphatic carbocycles. The largest absolute Gasteiger partial charge is 0.306 e. The Morgan fingerprint density at radius 2 is 2.00 bits per heavy atom. The molecule has 0 aliphatic heterocycles. The highest BCUT2D eigenvalue weighted by Crippen LogP contribution is 2.01. The summed E-state index contributed by atoms with van der Waals surface area (Å²) in [4.78, 5) is 1.98. The second kappa shape index (κ2) is 7.33. The van der Waals surface area contributed by atoms with Gasteiger partial charge in [0.1, 0.15) is 9.84 Å². The molecule has 8 heteroatoms. The van der Waals surface area contributed by atoms with E-state index >= 15 is 0 Å². The molecule has 0 saturated carbocycles. The Labute approximate surface area is 127 Å². The Balaban J connectivity index is 2.34. The molecule has 0 aliphatic rings. The first-order chi connectivity index (χ1) is 9.55. The Morgan fingerprint density at radius 1 is 1.33 bits per heavy atom. The first-order valence-corrected chi connectivity index (χ1v) is 9.11. The first-order valence-electron chi connectivity index (χ1n) is 7.05. The lowest BCUT2D eigenvalue weighted by Gasteiger charge is -2.19. The number of nitrogens with zero attached hydrogens (tertiary/aromatic N) is 4. The first kappa shape index (κ1) is 18.1. The van der Waals surface area contributed by atoms with Crippen LogP contribution in [0.3, 0.4) is 0 Å². The van der Waals surface area contributed by atoms with Crippen LogP contribution in [-0.2, 0) is 22.9 Å². The number of hydrogen-bond donors (Lipinski definition) is 1. The van der Waals surface area contributed by atoms with E-state index in [0.29, 0.717) is 19.6 Å². The molecule has 21 heavy (non-hydrogen) atoms. The molecule has 1 heterocycles. The second-order valence-corrected chi connectivity index (χ2v) is 8.77. The van der Waals surface area contributed by atoms with Gasteiger partial charge in [0.2, 0.25) is 0 Å². The van der Waals surface area contributed by atoms with Crippen molar-refractivity contribution in [1.82, 2.24) is 25.2 Å². The highest BCUT2D eigenvalue weighted by atomic mass is 32.2. The van der Waals surface area contributed by atoms with Gasteiger partial charge in [-0.25, -0.2) is 8.42 Å². The SMILES string of the molecule is CN(CCn1cc(CNC(C)(C)C)nn1)CCS(C)(=O)=O. The summed E-state index contributed by atoms with van der Waals surface area (Å²) in [6.45, 7) is 8.98. The molecule has 0 saturated heterocycles. The lowest BCUT2D eigenvalue weighted by atomic mass is 10.1. The zero-order chi connectivity index (χ0) is 16.1. The van der Waals surface area contributed by atoms with Gasteiger partial charge in [-0.15, -0.1) is 5.10 Å². The third-order valence-corrected chi connectivity index (χ3v) is 3.86. The van der Waals surface area contributed by atoms with Crippen LogP contribution in [-0.4, -0.2) is 66.0 Å². The van der Waals surface area contributed by atoms with Crippen LogP contribution in [0.5, 0.6) is 0 Å². The van der Waals surface area contributed by atoms with Crippen molar-refractivity contribution in [2.75, 3.05) is 32.1 Å². The Morgan fingerprint density at radius 3 is 2.57 bits per heavy atom. The Kier molecular flexibility index (Phi) is 6.30. The molecule has 0 bridgehead atoms. The maximum atomic E-state index is 11.1. The Bertz CT molecular complexity index is 533. The van der Waals surface area contributed by atoms with Gasteiger partial charge in [-0.05, 0) is 27.8 Å². The standard InChI is InChI=1S/C13H27N5O2S/c1-13(2,3)14-10-12-11-18(16-15-12)7-6-17(4)8-9-21(5,19)20/h11,14H,6-10H2,1-5H3. The van der Waals surface area contributed by atoms with Crippen molar-refractivity contribution in [3.8, 4) is 0 Å². The maximum absolute atomic E-state index is 11.1. The van der Waals surface area contributed by atoms with Crippen molar-refractivity contribution >= 4 is 9.84 Å². The molecule has 0 aromatic carbocycles. The highest BCUT2D eigenvalue weighted by molar-refractivity contribution is 7.90. The molecule has 122 valence electrons. The minimum Gasteiger partial charge on any atom is -0.306 e. The molecule has 0 amide bonds. The van der Waals surface area contributed by atoms with Gasteiger partial charge in [-0.3, -0.25) is 4.68 Å². The van der Waals surface area contributed by atoms with Crippen molar-refractivity contribution in [1.29, 1.82) is 0 Å². The third kappa shape index (κ3) is 8.79. The van der Waals surface area contributed by atoms with Crippen LogP contribution in [0.25, 0.3) is 0 Å². The second-order valence-electron chi connectivity index (χ2n) is 6.51. The van der Waals surface area contributed by atoms with E-state index < -0.39 is 9.84 Å². The van der Waals surface area contributed by atoms with Crippen LogP contribution < -0.4 is 5.32 Å². The van der Waals surface area contributed by atoms with Crippen molar-refractivity contribution < 1.29 is 8.42 Å². The summed E-state index contributed by atoms with van der Waals surface area (Å²) in [5, 5.41) is 11.6. The van der Waals surface area contributed by atoms with Crippen LogP contribution >= 0.6 is 0 Å². The molecule has 1 N–H and O–H groups in total. The average Bonchev–Trinajstić information content (AvgIpc) is 2.77. The van der Waals surface area contributed by atoms with Crippen LogP contribution in [0, 0.1) is 0 Å². The van der Waals surface area contributed by atoms with Crippen LogP contribution in [0.1, 0.15) is 26.5 Å². The van der Waals surface area contributed by atoms with Crippen LogP contribution in [0.2, 0.25) is 0 Å². The van der Waals surface area contributed by atoms with Gasteiger partial charge < -0.3 is 10.2 Å². The summed E-state index contributed by atoms with van der Waals surface area (Å²) in [7, 11) is -0.997. The quantitative estimate of drug-likeness (QED) is 0.735. The monoisotopic (exact) mass is 317 g/mol. The number of hydrogen-bond acceptors (Lipinski definition) is 6. The van der Waals surface area contributed by atoms with Gasteiger partial charge >= 0.3 is 0 Å². The van der Waals surface area contributed by atoms with E-state index in [2.05, 4.69) is 36.4 Å². The fourth-order valence-electron chi connectivity index (χ4n) is 1.59. The minimum absolute atomic E-state index is 0.0512. The van der Waals surface area contributed by atoms with E-state index in [9.17, 15) is 8.42 Å². The zero-order valence-electron chi connectivity index (χ0n) is 13.6. The normalized spacial score (nSPS) is 13.0. The summed E-state index contributed by atoms with van der Waals surface area (Å²) in [6.07, 6.45) is 3.18. The number of aromatic nitrogens is 3. The van der Waals surface area contributed by atoms with Gasteiger partial charge in [0.05, 0.1) is 18.0 Å². The molecule has 0 spiro atoms. The summed E-state index contributed by atoms with van der Waals surface area (Å²) in [5.41, 5.74) is 0.957. The molecule has 1 aromatic rings. The fourth-order valence-corrected chi connectivity index (χ4v) is 2.23. The molecule has 7 nitrogen and oxygen atoms in total. The number of likely N-dealkylation sites (N-methyl/N-ethyl adjacent to an activating group) is 1. The molecule has 0 unspecified atom stereocenters. The van der Waals surface area contributed by atoms with Crippen molar-refractivity contribution in [3.63, 3.8) is 0 Å². The van der Waals surface area contributed by atoms with E-state index in [1.165, 1.54) is 6.26 Å². The highest BCUT2D eigenvalue weighted by Gasteiger charge is 2.10. The number of rotatable bonds is 8. The van der Waals surface area contributed by atoms with Gasteiger partial charge in [0.25, 0.3) is 0 Å². The number of nitrogens with one attached hydrogen (secondary N) is 1. The molecule has 1 aromatic heterocycles. The molecular formula is C13H27N5O2S. The summed E-state index contributed by atoms with van der Waals surface area (Å²) >= 11 is 0. The van der Waals surface area contributed by atoms with E-state index in [-0.39, 0.29) is 11.3 Å². The van der Waals surface area contributed by atoms with E-state index in [1.54, 1.807) is 4.68 Å². The molecular weight excluding hydrogens is 290 g/mol. The topological polar surface area (TPSA) is 80.1 Å².